The van der Waals surface area contributed by atoms with Gasteiger partial charge in [0, 0.05) is 35.6 Å². The fraction of sp³-hybridized carbons (Fsp3) is 0.929. The highest BCUT2D eigenvalue weighted by atomic mass is 32.2. The molecule has 0 rings (SSSR count). The lowest BCUT2D eigenvalue weighted by Crippen LogP contribution is -1.85. The minimum absolute atomic E-state index is 1.17. The van der Waals surface area contributed by atoms with Crippen LogP contribution in [0, 0.1) is 0 Å². The molecule has 0 saturated carbocycles. The van der Waals surface area contributed by atoms with Crippen LogP contribution in [0.3, 0.4) is 0 Å². The Kier molecular flexibility index (Phi) is 35.3. The summed E-state index contributed by atoms with van der Waals surface area (Å²) in [7, 11) is 0. The van der Waals surface area contributed by atoms with Crippen LogP contribution in [-0.2, 0) is 3.63 Å². The van der Waals surface area contributed by atoms with E-state index in [9.17, 15) is 0 Å². The Balaban J connectivity index is 0. The van der Waals surface area contributed by atoms with Gasteiger partial charge >= 0.3 is 0 Å². The van der Waals surface area contributed by atoms with E-state index in [0.29, 0.717) is 0 Å². The first-order valence-electron chi connectivity index (χ1n) is 13.7. The third-order valence-corrected chi connectivity index (χ3v) is 6.94. The van der Waals surface area contributed by atoms with Gasteiger partial charge in [-0.3, -0.25) is 0 Å². The largest absolute Gasteiger partial charge is 0.247 e. The smallest absolute Gasteiger partial charge is 0.0210 e. The zero-order valence-electron chi connectivity index (χ0n) is 22.0. The van der Waals surface area contributed by atoms with Gasteiger partial charge in [0.05, 0.1) is 0 Å². The van der Waals surface area contributed by atoms with Crippen LogP contribution in [0.4, 0.5) is 0 Å². The van der Waals surface area contributed by atoms with Crippen molar-refractivity contribution in [3.63, 3.8) is 0 Å². The molecule has 0 aromatic rings. The topological polar surface area (TPSA) is 9.23 Å². The van der Waals surface area contributed by atoms with E-state index in [2.05, 4.69) is 20.4 Å². The van der Waals surface area contributed by atoms with Crippen molar-refractivity contribution in [1.29, 1.82) is 0 Å². The molecule has 31 heavy (non-hydrogen) atoms. The molecule has 0 aliphatic heterocycles. The lowest BCUT2D eigenvalue weighted by atomic mass is 10.1. The third kappa shape index (κ3) is 41.2. The summed E-state index contributed by atoms with van der Waals surface area (Å²) in [4.78, 5) is 0. The van der Waals surface area contributed by atoms with Gasteiger partial charge in [-0.15, -0.1) is 6.58 Å². The minimum Gasteiger partial charge on any atom is -0.247 e. The maximum absolute atomic E-state index is 5.63. The van der Waals surface area contributed by atoms with Crippen LogP contribution in [-0.4, -0.2) is 11.5 Å². The van der Waals surface area contributed by atoms with E-state index in [1.165, 1.54) is 145 Å². The van der Waals surface area contributed by atoms with Crippen LogP contribution in [0.2, 0.25) is 0 Å². The second-order valence-corrected chi connectivity index (χ2v) is 11.1. The number of unbranched alkanes of at least 4 members (excludes halogenated alkanes) is 18. The highest BCUT2D eigenvalue weighted by Crippen LogP contribution is 2.19. The molecule has 0 bridgehead atoms. The first kappa shape index (κ1) is 33.6. The zero-order chi connectivity index (χ0) is 23.3. The summed E-state index contributed by atoms with van der Waals surface area (Å²) >= 11 is 3.35. The molecule has 0 aliphatic carbocycles. The van der Waals surface area contributed by atoms with Gasteiger partial charge in [0.2, 0.25) is 0 Å². The van der Waals surface area contributed by atoms with Crippen LogP contribution in [0.5, 0.6) is 0 Å². The molecule has 0 aromatic carbocycles. The number of allylic oxidation sites excluding steroid dienone is 1. The van der Waals surface area contributed by atoms with Gasteiger partial charge in [-0.05, 0) is 26.7 Å². The number of rotatable bonds is 24. The van der Waals surface area contributed by atoms with E-state index in [0.717, 1.165) is 0 Å². The Morgan fingerprint density at radius 1 is 0.484 bits per heavy atom. The molecule has 0 saturated heterocycles. The Bertz CT molecular complexity index is 292. The van der Waals surface area contributed by atoms with Gasteiger partial charge < -0.3 is 0 Å². The van der Waals surface area contributed by atoms with Gasteiger partial charge in [-0.25, -0.2) is 3.63 Å². The van der Waals surface area contributed by atoms with Crippen molar-refractivity contribution in [2.24, 2.45) is 0 Å². The summed E-state index contributed by atoms with van der Waals surface area (Å²) in [5.41, 5.74) is 1.17. The van der Waals surface area contributed by atoms with E-state index in [1.54, 1.807) is 24.1 Å². The van der Waals surface area contributed by atoms with Crippen molar-refractivity contribution in [3.05, 3.63) is 12.2 Å². The molecular formula is C28H58OS2. The molecule has 0 amide bonds. The Labute approximate surface area is 207 Å². The molecule has 0 aromatic heterocycles. The van der Waals surface area contributed by atoms with Gasteiger partial charge in [-0.2, -0.15) is 0 Å². The Morgan fingerprint density at radius 3 is 0.968 bits per heavy atom. The highest BCUT2D eigenvalue weighted by Gasteiger charge is 1.96. The minimum atomic E-state index is 1.17. The quantitative estimate of drug-likeness (QED) is 0.0781. The van der Waals surface area contributed by atoms with Gasteiger partial charge in [0.25, 0.3) is 0 Å². The maximum Gasteiger partial charge on any atom is 0.0210 e. The summed E-state index contributed by atoms with van der Waals surface area (Å²) in [5, 5.41) is 0. The van der Waals surface area contributed by atoms with Crippen molar-refractivity contribution >= 4 is 24.1 Å². The molecule has 0 spiro atoms. The lowest BCUT2D eigenvalue weighted by molar-refractivity contribution is 0.561. The molecular weight excluding hydrogens is 416 g/mol. The van der Waals surface area contributed by atoms with Gasteiger partial charge in [0.15, 0.2) is 0 Å². The van der Waals surface area contributed by atoms with E-state index in [4.69, 9.17) is 3.63 Å². The SMILES string of the molecule is C=C(C)C.CCCCCCCCCCCCSOSCCCCCCCCCCCC. The molecule has 0 radical (unpaired) electrons. The molecule has 0 N–H and O–H groups in total. The van der Waals surface area contributed by atoms with E-state index < -0.39 is 0 Å². The highest BCUT2D eigenvalue weighted by molar-refractivity contribution is 8.07. The maximum atomic E-state index is 5.63. The van der Waals surface area contributed by atoms with Crippen molar-refractivity contribution in [2.45, 2.75) is 156 Å². The van der Waals surface area contributed by atoms with Crippen LogP contribution >= 0.6 is 24.1 Å². The molecule has 188 valence electrons. The molecule has 0 fully saturated rings. The first-order valence-corrected chi connectivity index (χ1v) is 15.5. The molecule has 0 atom stereocenters. The average molecular weight is 475 g/mol. The van der Waals surface area contributed by atoms with Crippen molar-refractivity contribution in [3.8, 4) is 0 Å². The molecule has 0 unspecified atom stereocenters. The van der Waals surface area contributed by atoms with E-state index in [1.807, 2.05) is 13.8 Å². The number of hydrogen-bond acceptors (Lipinski definition) is 3. The second kappa shape index (κ2) is 32.6. The fourth-order valence-electron chi connectivity index (χ4n) is 3.40. The predicted molar refractivity (Wildman–Crippen MR) is 150 cm³/mol. The molecule has 0 heterocycles. The number of hydrogen-bond donors (Lipinski definition) is 0. The van der Waals surface area contributed by atoms with Crippen LogP contribution in [0.1, 0.15) is 156 Å². The predicted octanol–water partition coefficient (Wildman–Crippen LogP) is 11.7. The van der Waals surface area contributed by atoms with Gasteiger partial charge in [-0.1, -0.05) is 135 Å². The van der Waals surface area contributed by atoms with E-state index >= 15 is 0 Å². The molecule has 1 nitrogen and oxygen atoms in total. The molecule has 3 heteroatoms. The summed E-state index contributed by atoms with van der Waals surface area (Å²) < 4.78 is 5.63. The van der Waals surface area contributed by atoms with Gasteiger partial charge in [0.1, 0.15) is 0 Å². The standard InChI is InChI=1S/C24H50OS2.C4H8/c1-3-5-7-9-11-13-15-17-19-21-23-26-25-27-24-22-20-18-16-14-12-10-8-6-4-2;1-4(2)3/h3-24H2,1-2H3;1H2,2-3H3. The van der Waals surface area contributed by atoms with Crippen LogP contribution in [0.15, 0.2) is 12.2 Å². The monoisotopic (exact) mass is 474 g/mol. The normalized spacial score (nSPS) is 10.7. The Morgan fingerprint density at radius 2 is 0.710 bits per heavy atom. The summed E-state index contributed by atoms with van der Waals surface area (Å²) in [6.07, 6.45) is 28.3. The van der Waals surface area contributed by atoms with Crippen molar-refractivity contribution in [1.82, 2.24) is 0 Å². The molecule has 0 aliphatic rings. The zero-order valence-corrected chi connectivity index (χ0v) is 23.6. The third-order valence-electron chi connectivity index (χ3n) is 5.26. The fourth-order valence-corrected chi connectivity index (χ4v) is 4.86. The second-order valence-electron chi connectivity index (χ2n) is 9.28. The van der Waals surface area contributed by atoms with Crippen molar-refractivity contribution in [2.75, 3.05) is 11.5 Å². The average Bonchev–Trinajstić information content (AvgIpc) is 2.74. The summed E-state index contributed by atoms with van der Waals surface area (Å²) in [5.74, 6) is 2.34. The summed E-state index contributed by atoms with van der Waals surface area (Å²) in [6.45, 7) is 12.1. The van der Waals surface area contributed by atoms with Crippen LogP contribution < -0.4 is 0 Å². The van der Waals surface area contributed by atoms with E-state index in [-0.39, 0.29) is 0 Å². The van der Waals surface area contributed by atoms with Crippen LogP contribution in [0.25, 0.3) is 0 Å². The lowest BCUT2D eigenvalue weighted by Gasteiger charge is -2.04. The first-order chi connectivity index (χ1) is 15.1. The van der Waals surface area contributed by atoms with Crippen molar-refractivity contribution < 1.29 is 3.63 Å². The summed E-state index contributed by atoms with van der Waals surface area (Å²) in [6, 6.07) is 0. The Hall–Kier alpha value is 0.400.